The van der Waals surface area contributed by atoms with Crippen LogP contribution in [0.15, 0.2) is 48.1 Å². The third kappa shape index (κ3) is 3.75. The Bertz CT molecular complexity index is 1560. The number of hydrogen-bond acceptors (Lipinski definition) is 10. The average molecular weight is 650 g/mol. The number of aldehydes is 1. The van der Waals surface area contributed by atoms with Crippen LogP contribution in [0, 0.1) is 46.3 Å². The van der Waals surface area contributed by atoms with Crippen LogP contribution in [-0.2, 0) is 27.4 Å². The Hall–Kier alpha value is -2.44. The van der Waals surface area contributed by atoms with E-state index in [1.54, 1.807) is 6.08 Å². The van der Waals surface area contributed by atoms with Crippen molar-refractivity contribution in [2.75, 3.05) is 7.05 Å². The maximum absolute atomic E-state index is 13.3. The van der Waals surface area contributed by atoms with Gasteiger partial charge in [-0.3, -0.25) is 0 Å². The number of nitrogens with one attached hydrogen (secondary N) is 1. The van der Waals surface area contributed by atoms with Gasteiger partial charge in [-0.15, -0.1) is 0 Å². The minimum atomic E-state index is -2.14. The van der Waals surface area contributed by atoms with Crippen LogP contribution in [0.5, 0.6) is 0 Å². The second-order valence-electron chi connectivity index (χ2n) is 16.2. The summed E-state index contributed by atoms with van der Waals surface area (Å²) in [4.78, 5) is 26.4. The minimum Gasteiger partial charge on any atom is -0.454 e. The quantitative estimate of drug-likeness (QED) is 0.133. The molecule has 10 heteroatoms. The highest BCUT2D eigenvalue weighted by Gasteiger charge is 2.84. The third-order valence-electron chi connectivity index (χ3n) is 14.5. The molecule has 1 heterocycles. The first-order valence-corrected chi connectivity index (χ1v) is 17.3. The zero-order valence-corrected chi connectivity index (χ0v) is 27.0. The van der Waals surface area contributed by atoms with Crippen LogP contribution < -0.4 is 5.32 Å². The summed E-state index contributed by atoms with van der Waals surface area (Å²) < 4.78 is 6.03. The summed E-state index contributed by atoms with van der Waals surface area (Å²) in [5, 5.41) is 74.5. The van der Waals surface area contributed by atoms with Crippen molar-refractivity contribution in [1.29, 1.82) is 0 Å². The summed E-state index contributed by atoms with van der Waals surface area (Å²) in [5.74, 6) is -3.07. The number of ether oxygens (including phenoxy) is 1. The third-order valence-corrected chi connectivity index (χ3v) is 14.5. The van der Waals surface area contributed by atoms with Crippen LogP contribution in [0.2, 0.25) is 0 Å². The fourth-order valence-corrected chi connectivity index (χ4v) is 12.9. The van der Waals surface area contributed by atoms with Gasteiger partial charge in [0, 0.05) is 42.2 Å². The fourth-order valence-electron chi connectivity index (χ4n) is 12.9. The second kappa shape index (κ2) is 10.3. The summed E-state index contributed by atoms with van der Waals surface area (Å²) in [7, 11) is 1.87. The van der Waals surface area contributed by atoms with E-state index in [4.69, 9.17) is 4.74 Å². The molecule has 15 atom stereocenters. The molecule has 5 fully saturated rings. The van der Waals surface area contributed by atoms with E-state index in [-0.39, 0.29) is 56.1 Å². The summed E-state index contributed by atoms with van der Waals surface area (Å²) in [6.07, 6.45) is 4.70. The van der Waals surface area contributed by atoms with Crippen LogP contribution in [0.4, 0.5) is 0 Å². The lowest BCUT2D eigenvalue weighted by molar-refractivity contribution is -0.361. The minimum absolute atomic E-state index is 0.0894. The number of rotatable bonds is 6. The molecule has 0 aromatic heterocycles. The van der Waals surface area contributed by atoms with Crippen molar-refractivity contribution in [3.63, 3.8) is 0 Å². The molecule has 0 unspecified atom stereocenters. The van der Waals surface area contributed by atoms with Crippen LogP contribution in [0.25, 0.3) is 0 Å². The van der Waals surface area contributed by atoms with Gasteiger partial charge >= 0.3 is 5.97 Å². The van der Waals surface area contributed by atoms with Gasteiger partial charge in [-0.1, -0.05) is 43.3 Å². The molecule has 5 saturated carbocycles. The summed E-state index contributed by atoms with van der Waals surface area (Å²) in [6, 6.07) is 7.58. The SMILES string of the molecule is CN[C@H](Cc1ccccc1CO)[C@@H]1C[C@@H]2C[C@]3(O)[C@]4(O)[C@H](O)C[C@]5(O)C[C@@H](O)C[C@@H]6C=C[C@H](C[C@]3(C)[C@H]2C2=CC(=O)O[C@H]21)[C@@H]4[C@@]65C=O. The Labute approximate surface area is 274 Å². The molecular weight excluding hydrogens is 602 g/mol. The molecule has 1 aromatic carbocycles. The molecule has 0 spiro atoms. The van der Waals surface area contributed by atoms with Crippen LogP contribution in [0.1, 0.15) is 56.6 Å². The number of aliphatic hydroxyl groups is 6. The first-order valence-electron chi connectivity index (χ1n) is 17.3. The van der Waals surface area contributed by atoms with E-state index in [1.807, 2.05) is 50.4 Å². The van der Waals surface area contributed by atoms with Gasteiger partial charge in [-0.2, -0.15) is 0 Å². The molecule has 1 aromatic rings. The van der Waals surface area contributed by atoms with Crippen molar-refractivity contribution < 1.29 is 45.0 Å². The van der Waals surface area contributed by atoms with Crippen molar-refractivity contribution in [1.82, 2.24) is 5.32 Å². The van der Waals surface area contributed by atoms with Gasteiger partial charge in [0.05, 0.1) is 29.8 Å². The molecule has 0 saturated heterocycles. The molecule has 7 N–H and O–H groups in total. The average Bonchev–Trinajstić information content (AvgIpc) is 3.52. The number of fused-ring (bicyclic) bond motifs is 6. The molecule has 254 valence electrons. The smallest absolute Gasteiger partial charge is 0.331 e. The largest absolute Gasteiger partial charge is 0.454 e. The molecule has 8 rings (SSSR count). The number of carbonyl (C=O) groups excluding carboxylic acids is 2. The van der Waals surface area contributed by atoms with Gasteiger partial charge < -0.3 is 45.5 Å². The number of likely N-dealkylation sites (N-methyl/N-ethyl adjacent to an activating group) is 1. The van der Waals surface area contributed by atoms with Crippen molar-refractivity contribution in [3.05, 3.63) is 59.2 Å². The maximum Gasteiger partial charge on any atom is 0.331 e. The lowest BCUT2D eigenvalue weighted by Crippen LogP contribution is -2.84. The number of benzene rings is 1. The predicted octanol–water partition coefficient (Wildman–Crippen LogP) is 0.943. The molecule has 10 nitrogen and oxygen atoms in total. The molecule has 47 heavy (non-hydrogen) atoms. The Morgan fingerprint density at radius 2 is 1.79 bits per heavy atom. The molecule has 0 bridgehead atoms. The molecule has 0 radical (unpaired) electrons. The number of hydrogen-bond donors (Lipinski definition) is 7. The molecule has 0 amide bonds. The van der Waals surface area contributed by atoms with Gasteiger partial charge in [0.1, 0.15) is 23.6 Å². The van der Waals surface area contributed by atoms with Crippen molar-refractivity contribution in [2.45, 2.75) is 99.6 Å². The summed E-state index contributed by atoms with van der Waals surface area (Å²) >= 11 is 0. The molecule has 1 aliphatic heterocycles. The van der Waals surface area contributed by atoms with E-state index in [9.17, 15) is 40.2 Å². The summed E-state index contributed by atoms with van der Waals surface area (Å²) in [5.41, 5.74) is -5.61. The van der Waals surface area contributed by atoms with Crippen molar-refractivity contribution >= 4 is 12.3 Å². The lowest BCUT2D eigenvalue weighted by atomic mass is 9.34. The highest BCUT2D eigenvalue weighted by molar-refractivity contribution is 5.86. The summed E-state index contributed by atoms with van der Waals surface area (Å²) in [6.45, 7) is 1.86. The lowest BCUT2D eigenvalue weighted by Gasteiger charge is -2.73. The Kier molecular flexibility index (Phi) is 6.96. The van der Waals surface area contributed by atoms with Crippen molar-refractivity contribution in [2.24, 2.45) is 46.3 Å². The molecule has 7 aliphatic rings. The second-order valence-corrected chi connectivity index (χ2v) is 16.2. The zero-order chi connectivity index (χ0) is 33.3. The first-order chi connectivity index (χ1) is 22.3. The van der Waals surface area contributed by atoms with E-state index in [2.05, 4.69) is 5.32 Å². The van der Waals surface area contributed by atoms with E-state index < -0.39 is 69.7 Å². The Morgan fingerprint density at radius 1 is 1.04 bits per heavy atom. The standard InChI is InChI=1S/C37H47NO9/c1-33-13-20-7-8-23-11-24(41)15-34(44)16-28(42)37(46,32(20)35(23,34)18-40)36(33,45)14-22-9-25(31-26(30(22)33)12-29(43)47-31)27(38-2)10-19-5-3-4-6-21(19)17-39/h3-8,12,18,20,22-25,27-28,30-32,38-39,41-42,44-46H,9-11,13-17H2,1-2H3/t20-,22-,23+,24+,25+,27-,28-,30-,31+,32-,33-,34-,35-,36-,37+/m1/s1. The van der Waals surface area contributed by atoms with Crippen LogP contribution in [0.3, 0.4) is 0 Å². The highest BCUT2D eigenvalue weighted by Crippen LogP contribution is 2.77. The van der Waals surface area contributed by atoms with Crippen molar-refractivity contribution in [3.8, 4) is 0 Å². The molecule has 6 aliphatic carbocycles. The van der Waals surface area contributed by atoms with Crippen LogP contribution >= 0.6 is 0 Å². The number of aliphatic hydroxyl groups excluding tert-OH is 3. The van der Waals surface area contributed by atoms with Gasteiger partial charge in [0.2, 0.25) is 0 Å². The molecular formula is C37H47NO9. The van der Waals surface area contributed by atoms with Gasteiger partial charge in [0.25, 0.3) is 0 Å². The Morgan fingerprint density at radius 3 is 2.49 bits per heavy atom. The number of allylic oxidation sites excluding steroid dienone is 2. The van der Waals surface area contributed by atoms with Crippen LogP contribution in [-0.4, -0.2) is 91.1 Å². The Balaban J connectivity index is 1.23. The zero-order valence-electron chi connectivity index (χ0n) is 27.0. The van der Waals surface area contributed by atoms with Gasteiger partial charge in [-0.25, -0.2) is 4.79 Å². The first kappa shape index (κ1) is 31.8. The monoisotopic (exact) mass is 649 g/mol. The number of carbonyl (C=O) groups is 2. The van der Waals surface area contributed by atoms with E-state index in [1.165, 1.54) is 0 Å². The van der Waals surface area contributed by atoms with Gasteiger partial charge in [0.15, 0.2) is 0 Å². The van der Waals surface area contributed by atoms with E-state index in [0.717, 1.165) is 23.0 Å². The predicted molar refractivity (Wildman–Crippen MR) is 168 cm³/mol. The fraction of sp³-hybridized carbons (Fsp3) is 0.676. The maximum atomic E-state index is 13.3. The van der Waals surface area contributed by atoms with E-state index in [0.29, 0.717) is 19.3 Å². The van der Waals surface area contributed by atoms with Gasteiger partial charge in [-0.05, 0) is 79.5 Å². The highest BCUT2D eigenvalue weighted by atomic mass is 16.5. The van der Waals surface area contributed by atoms with E-state index >= 15 is 0 Å². The normalized spacial score (nSPS) is 51.2. The topological polar surface area (TPSA) is 177 Å². The number of esters is 1.